The van der Waals surface area contributed by atoms with Crippen LogP contribution in [-0.2, 0) is 14.2 Å². The van der Waals surface area contributed by atoms with E-state index in [4.69, 9.17) is 14.2 Å². The largest absolute Gasteiger partial charge is 0.394 e. The molecule has 196 valence electrons. The average molecular weight is 475 g/mol. The maximum atomic E-state index is 10.1. The van der Waals surface area contributed by atoms with Crippen molar-refractivity contribution in [1.29, 1.82) is 0 Å². The van der Waals surface area contributed by atoms with E-state index in [1.54, 1.807) is 0 Å². The van der Waals surface area contributed by atoms with E-state index in [1.165, 1.54) is 0 Å². The molecule has 0 aromatic heterocycles. The van der Waals surface area contributed by atoms with Gasteiger partial charge in [0.15, 0.2) is 11.6 Å². The van der Waals surface area contributed by atoms with E-state index >= 15 is 0 Å². The summed E-state index contributed by atoms with van der Waals surface area (Å²) in [6.07, 6.45) is 3.48. The molecule has 0 heterocycles. The van der Waals surface area contributed by atoms with Crippen LogP contribution in [0.4, 0.5) is 0 Å². The second-order valence-electron chi connectivity index (χ2n) is 11.5. The predicted molar refractivity (Wildman–Crippen MR) is 127 cm³/mol. The number of rotatable bonds is 12. The Morgan fingerprint density at radius 2 is 1.06 bits per heavy atom. The van der Waals surface area contributed by atoms with Gasteiger partial charge in [0.2, 0.25) is 0 Å². The van der Waals surface area contributed by atoms with Gasteiger partial charge in [-0.2, -0.15) is 0 Å². The molecule has 0 aromatic rings. The fourth-order valence-electron chi connectivity index (χ4n) is 6.03. The van der Waals surface area contributed by atoms with Gasteiger partial charge in [0.1, 0.15) is 12.2 Å². The van der Waals surface area contributed by atoms with Crippen LogP contribution < -0.4 is 0 Å². The number of aliphatic hydroxyl groups is 4. The molecule has 8 unspecified atom stereocenters. The number of hydrogen-bond donors (Lipinski definition) is 4. The molecule has 0 radical (unpaired) electrons. The second-order valence-corrected chi connectivity index (χ2v) is 11.5. The summed E-state index contributed by atoms with van der Waals surface area (Å²) in [4.78, 5) is 0. The molecule has 0 spiro atoms. The normalized spacial score (nSPS) is 37.5. The SMILES string of the molecule is CC1CCC(C(C)C)C(OCC(O)CO)(OC2(OCC(O)CO)CC(C)CCC2C(C)C)C1. The van der Waals surface area contributed by atoms with E-state index in [2.05, 4.69) is 41.5 Å². The van der Waals surface area contributed by atoms with Crippen molar-refractivity contribution >= 4 is 0 Å². The molecule has 7 heteroatoms. The summed E-state index contributed by atoms with van der Waals surface area (Å²) in [5.74, 6) is -0.368. The Morgan fingerprint density at radius 1 is 0.697 bits per heavy atom. The highest BCUT2D eigenvalue weighted by Gasteiger charge is 2.56. The smallest absolute Gasteiger partial charge is 0.175 e. The van der Waals surface area contributed by atoms with Crippen LogP contribution in [-0.4, -0.2) is 70.6 Å². The van der Waals surface area contributed by atoms with Crippen LogP contribution in [0.3, 0.4) is 0 Å². The van der Waals surface area contributed by atoms with E-state index in [-0.39, 0.29) is 38.3 Å². The molecule has 8 atom stereocenters. The standard InChI is InChI=1S/C26H50O7/c1-17(2)23-9-7-19(5)11-25(23,31-15-21(29)13-27)33-26(32-16-22(30)14-28)12-20(6)8-10-24(26)18(3)4/h17-24,27-30H,7-16H2,1-6H3. The van der Waals surface area contributed by atoms with Gasteiger partial charge in [-0.15, -0.1) is 0 Å². The fraction of sp³-hybridized carbons (Fsp3) is 1.00. The van der Waals surface area contributed by atoms with Crippen molar-refractivity contribution in [3.05, 3.63) is 0 Å². The molecule has 0 amide bonds. The summed E-state index contributed by atoms with van der Waals surface area (Å²) < 4.78 is 20.1. The van der Waals surface area contributed by atoms with Gasteiger partial charge in [0.25, 0.3) is 0 Å². The van der Waals surface area contributed by atoms with E-state index in [9.17, 15) is 20.4 Å². The van der Waals surface area contributed by atoms with Gasteiger partial charge in [-0.25, -0.2) is 0 Å². The first-order valence-electron chi connectivity index (χ1n) is 13.0. The van der Waals surface area contributed by atoms with Crippen LogP contribution in [0.25, 0.3) is 0 Å². The quantitative estimate of drug-likeness (QED) is 0.321. The van der Waals surface area contributed by atoms with Crippen molar-refractivity contribution in [2.45, 2.75) is 104 Å². The second kappa shape index (κ2) is 12.6. The van der Waals surface area contributed by atoms with Crippen molar-refractivity contribution in [2.75, 3.05) is 26.4 Å². The van der Waals surface area contributed by atoms with Crippen LogP contribution >= 0.6 is 0 Å². The minimum Gasteiger partial charge on any atom is -0.394 e. The van der Waals surface area contributed by atoms with Gasteiger partial charge in [-0.1, -0.05) is 54.4 Å². The monoisotopic (exact) mass is 474 g/mol. The Kier molecular flexibility index (Phi) is 11.1. The van der Waals surface area contributed by atoms with Crippen LogP contribution in [0.5, 0.6) is 0 Å². The minimum atomic E-state index is -0.977. The van der Waals surface area contributed by atoms with Crippen molar-refractivity contribution in [3.8, 4) is 0 Å². The molecular formula is C26H50O7. The van der Waals surface area contributed by atoms with Crippen LogP contribution in [0.2, 0.25) is 0 Å². The summed E-state index contributed by atoms with van der Waals surface area (Å²) >= 11 is 0. The Hall–Kier alpha value is -0.280. The highest BCUT2D eigenvalue weighted by Crippen LogP contribution is 2.52. The van der Waals surface area contributed by atoms with Crippen LogP contribution in [0.15, 0.2) is 0 Å². The number of aliphatic hydroxyl groups excluding tert-OH is 4. The molecule has 2 rings (SSSR count). The van der Waals surface area contributed by atoms with Gasteiger partial charge in [0, 0.05) is 24.7 Å². The summed E-state index contributed by atoms with van der Waals surface area (Å²) in [5.41, 5.74) is 0. The highest BCUT2D eigenvalue weighted by atomic mass is 16.8. The topological polar surface area (TPSA) is 109 Å². The Bertz CT molecular complexity index is 523. The zero-order chi connectivity index (χ0) is 24.8. The zero-order valence-corrected chi connectivity index (χ0v) is 21.7. The van der Waals surface area contributed by atoms with E-state index < -0.39 is 23.8 Å². The molecule has 0 saturated heterocycles. The summed E-state index contributed by atoms with van der Waals surface area (Å²) in [6.45, 7) is 12.4. The average Bonchev–Trinajstić information content (AvgIpc) is 2.75. The van der Waals surface area contributed by atoms with Crippen molar-refractivity contribution < 1.29 is 34.6 Å². The molecule has 7 nitrogen and oxygen atoms in total. The minimum absolute atomic E-state index is 0.0102. The molecule has 2 aliphatic carbocycles. The third-order valence-electron chi connectivity index (χ3n) is 7.75. The first-order valence-corrected chi connectivity index (χ1v) is 13.0. The Morgan fingerprint density at radius 3 is 1.36 bits per heavy atom. The summed E-state index contributed by atoms with van der Waals surface area (Å²) in [5, 5.41) is 39.1. The van der Waals surface area contributed by atoms with Gasteiger partial charge >= 0.3 is 0 Å². The Labute approximate surface area is 200 Å². The molecule has 4 N–H and O–H groups in total. The molecule has 0 aliphatic heterocycles. The molecule has 2 aliphatic rings. The first kappa shape index (κ1) is 29.0. The lowest BCUT2D eigenvalue weighted by atomic mass is 9.70. The van der Waals surface area contributed by atoms with Crippen molar-refractivity contribution in [3.63, 3.8) is 0 Å². The molecule has 2 fully saturated rings. The zero-order valence-electron chi connectivity index (χ0n) is 21.7. The van der Waals surface area contributed by atoms with Gasteiger partial charge < -0.3 is 34.6 Å². The van der Waals surface area contributed by atoms with E-state index in [0.717, 1.165) is 25.7 Å². The maximum Gasteiger partial charge on any atom is 0.175 e. The maximum absolute atomic E-state index is 10.1. The third kappa shape index (κ3) is 7.35. The van der Waals surface area contributed by atoms with Crippen molar-refractivity contribution in [1.82, 2.24) is 0 Å². The van der Waals surface area contributed by atoms with Gasteiger partial charge in [-0.05, 0) is 36.5 Å². The Balaban J connectivity index is 2.52. The lowest BCUT2D eigenvalue weighted by molar-refractivity contribution is -0.418. The molecular weight excluding hydrogens is 424 g/mol. The lowest BCUT2D eigenvalue weighted by Crippen LogP contribution is -2.61. The molecule has 0 bridgehead atoms. The number of ether oxygens (including phenoxy) is 3. The summed E-state index contributed by atoms with van der Waals surface area (Å²) in [7, 11) is 0. The molecule has 0 aromatic carbocycles. The van der Waals surface area contributed by atoms with Gasteiger partial charge in [0.05, 0.1) is 26.4 Å². The van der Waals surface area contributed by atoms with E-state index in [0.29, 0.717) is 36.5 Å². The predicted octanol–water partition coefficient (Wildman–Crippen LogP) is 3.32. The lowest BCUT2D eigenvalue weighted by Gasteiger charge is -2.56. The first-order chi connectivity index (χ1) is 15.5. The summed E-state index contributed by atoms with van der Waals surface area (Å²) in [6, 6.07) is 0. The van der Waals surface area contributed by atoms with Crippen molar-refractivity contribution in [2.24, 2.45) is 35.5 Å². The highest BCUT2D eigenvalue weighted by molar-refractivity contribution is 4.96. The number of hydrogen-bond acceptors (Lipinski definition) is 7. The van der Waals surface area contributed by atoms with E-state index in [1.807, 2.05) is 0 Å². The third-order valence-corrected chi connectivity index (χ3v) is 7.75. The van der Waals surface area contributed by atoms with Crippen LogP contribution in [0, 0.1) is 35.5 Å². The van der Waals surface area contributed by atoms with Gasteiger partial charge in [-0.3, -0.25) is 0 Å². The van der Waals surface area contributed by atoms with Crippen LogP contribution in [0.1, 0.15) is 80.1 Å². The molecule has 2 saturated carbocycles. The molecule has 33 heavy (non-hydrogen) atoms. The fourth-order valence-corrected chi connectivity index (χ4v) is 6.03.